The Bertz CT molecular complexity index is 498. The van der Waals surface area contributed by atoms with Gasteiger partial charge in [0.25, 0.3) is 0 Å². The fourth-order valence-electron chi connectivity index (χ4n) is 3.35. The monoisotopic (exact) mass is 396 g/mol. The van der Waals surface area contributed by atoms with Crippen molar-refractivity contribution >= 4 is 28.3 Å². The number of nitrogens with one attached hydrogen (secondary N) is 2. The molecule has 0 bridgehead atoms. The van der Waals surface area contributed by atoms with Gasteiger partial charge in [0.1, 0.15) is 6.04 Å². The average Bonchev–Trinajstić information content (AvgIpc) is 3.08. The number of amides is 1. The Balaban J connectivity index is 0.00000312. The second kappa shape index (κ2) is 11.3. The van der Waals surface area contributed by atoms with Gasteiger partial charge in [0.2, 0.25) is 15.9 Å². The van der Waals surface area contributed by atoms with Crippen LogP contribution in [0.15, 0.2) is 0 Å². The van der Waals surface area contributed by atoms with Crippen molar-refractivity contribution in [1.29, 1.82) is 0 Å². The summed E-state index contributed by atoms with van der Waals surface area (Å²) in [6.07, 6.45) is 3.80. The maximum absolute atomic E-state index is 12.4. The van der Waals surface area contributed by atoms with E-state index < -0.39 is 16.1 Å². The first-order valence-corrected chi connectivity index (χ1v) is 10.9. The number of rotatable bonds is 9. The predicted molar refractivity (Wildman–Crippen MR) is 103 cm³/mol. The lowest BCUT2D eigenvalue weighted by atomic mass is 10.2. The number of unbranched alkanes of at least 4 members (excludes halogenated alkanes) is 1. The van der Waals surface area contributed by atoms with Crippen LogP contribution in [-0.2, 0) is 14.8 Å². The Labute approximate surface area is 158 Å². The maximum atomic E-state index is 12.4. The van der Waals surface area contributed by atoms with Crippen LogP contribution in [0.1, 0.15) is 39.0 Å². The van der Waals surface area contributed by atoms with Gasteiger partial charge in [-0.15, -0.1) is 12.4 Å². The van der Waals surface area contributed by atoms with E-state index in [2.05, 4.69) is 15.5 Å². The highest BCUT2D eigenvalue weighted by molar-refractivity contribution is 7.89. The molecular weight excluding hydrogens is 364 g/mol. The lowest BCUT2D eigenvalue weighted by molar-refractivity contribution is -0.124. The van der Waals surface area contributed by atoms with E-state index in [0.29, 0.717) is 25.9 Å². The minimum absolute atomic E-state index is 0. The van der Waals surface area contributed by atoms with E-state index in [1.165, 1.54) is 4.31 Å². The second-order valence-electron chi connectivity index (χ2n) is 6.67. The second-order valence-corrected chi connectivity index (χ2v) is 8.72. The molecule has 148 valence electrons. The summed E-state index contributed by atoms with van der Waals surface area (Å²) in [6.45, 7) is 8.21. The van der Waals surface area contributed by atoms with Crippen molar-refractivity contribution in [2.24, 2.45) is 0 Å². The van der Waals surface area contributed by atoms with E-state index in [0.717, 1.165) is 52.0 Å². The van der Waals surface area contributed by atoms with Crippen LogP contribution >= 0.6 is 12.4 Å². The van der Waals surface area contributed by atoms with Gasteiger partial charge >= 0.3 is 0 Å². The molecule has 2 aliphatic heterocycles. The zero-order valence-corrected chi connectivity index (χ0v) is 16.8. The van der Waals surface area contributed by atoms with Crippen LogP contribution in [0.3, 0.4) is 0 Å². The number of sulfonamides is 1. The largest absolute Gasteiger partial charge is 0.355 e. The van der Waals surface area contributed by atoms with E-state index in [1.807, 2.05) is 6.92 Å². The van der Waals surface area contributed by atoms with Crippen LogP contribution in [0, 0.1) is 0 Å². The molecule has 0 spiro atoms. The highest BCUT2D eigenvalue weighted by Gasteiger charge is 2.37. The van der Waals surface area contributed by atoms with Crippen molar-refractivity contribution < 1.29 is 13.2 Å². The Morgan fingerprint density at radius 1 is 1.20 bits per heavy atom. The summed E-state index contributed by atoms with van der Waals surface area (Å²) >= 11 is 0. The number of hydrogen-bond acceptors (Lipinski definition) is 5. The molecule has 1 unspecified atom stereocenters. The van der Waals surface area contributed by atoms with Crippen LogP contribution < -0.4 is 10.6 Å². The molecule has 0 radical (unpaired) electrons. The number of carbonyl (C=O) groups excluding carboxylic acids is 1. The lowest BCUT2D eigenvalue weighted by Crippen LogP contribution is -2.47. The average molecular weight is 397 g/mol. The van der Waals surface area contributed by atoms with Crippen LogP contribution in [-0.4, -0.2) is 81.1 Å². The summed E-state index contributed by atoms with van der Waals surface area (Å²) in [5.41, 5.74) is 0. The van der Waals surface area contributed by atoms with Gasteiger partial charge in [0.15, 0.2) is 0 Å². The Hall–Kier alpha value is -0.410. The van der Waals surface area contributed by atoms with Gasteiger partial charge < -0.3 is 15.5 Å². The standard InChI is InChI=1S/C16H32N4O3S.ClH/c1-2-3-14-24(22,23)20-11-4-6-15(20)16(21)18-7-5-10-19-12-8-17-9-13-19;/h15,17H,2-14H2,1H3,(H,18,21);1H. The SMILES string of the molecule is CCCCS(=O)(=O)N1CCCC1C(=O)NCCCN1CCNCC1.Cl. The van der Waals surface area contributed by atoms with Crippen molar-refractivity contribution in [1.82, 2.24) is 19.8 Å². The minimum atomic E-state index is -3.31. The van der Waals surface area contributed by atoms with Gasteiger partial charge in [-0.25, -0.2) is 8.42 Å². The summed E-state index contributed by atoms with van der Waals surface area (Å²) in [5.74, 6) is 0.0175. The summed E-state index contributed by atoms with van der Waals surface area (Å²) in [4.78, 5) is 14.8. The molecule has 0 aromatic carbocycles. The summed E-state index contributed by atoms with van der Waals surface area (Å²) in [5, 5.41) is 6.26. The molecule has 7 nitrogen and oxygen atoms in total. The smallest absolute Gasteiger partial charge is 0.238 e. The topological polar surface area (TPSA) is 81.8 Å². The first kappa shape index (κ1) is 22.6. The molecule has 0 saturated carbocycles. The van der Waals surface area contributed by atoms with Crippen LogP contribution in [0.25, 0.3) is 0 Å². The Morgan fingerprint density at radius 2 is 1.92 bits per heavy atom. The van der Waals surface area contributed by atoms with Gasteiger partial charge in [-0.05, 0) is 32.2 Å². The zero-order valence-electron chi connectivity index (χ0n) is 15.2. The number of halogens is 1. The quantitative estimate of drug-likeness (QED) is 0.552. The van der Waals surface area contributed by atoms with Gasteiger partial charge in [0, 0.05) is 39.3 Å². The number of nitrogens with zero attached hydrogens (tertiary/aromatic N) is 2. The Kier molecular flexibility index (Phi) is 10.3. The number of carbonyl (C=O) groups is 1. The molecule has 0 aromatic heterocycles. The molecule has 2 heterocycles. The van der Waals surface area contributed by atoms with Crippen molar-refractivity contribution in [2.45, 2.75) is 45.1 Å². The molecular formula is C16H33ClN4O3S. The van der Waals surface area contributed by atoms with Crippen LogP contribution in [0.4, 0.5) is 0 Å². The zero-order chi connectivity index (χ0) is 17.4. The first-order chi connectivity index (χ1) is 11.5. The van der Waals surface area contributed by atoms with E-state index in [1.54, 1.807) is 0 Å². The van der Waals surface area contributed by atoms with E-state index in [-0.39, 0.29) is 24.1 Å². The third-order valence-electron chi connectivity index (χ3n) is 4.78. The molecule has 0 aliphatic carbocycles. The molecule has 1 atom stereocenters. The summed E-state index contributed by atoms with van der Waals surface area (Å²) in [6, 6.07) is -0.508. The first-order valence-electron chi connectivity index (χ1n) is 9.25. The Morgan fingerprint density at radius 3 is 2.60 bits per heavy atom. The van der Waals surface area contributed by atoms with E-state index in [4.69, 9.17) is 0 Å². The van der Waals surface area contributed by atoms with Gasteiger partial charge in [-0.3, -0.25) is 4.79 Å². The van der Waals surface area contributed by atoms with E-state index in [9.17, 15) is 13.2 Å². The van der Waals surface area contributed by atoms with E-state index >= 15 is 0 Å². The summed E-state index contributed by atoms with van der Waals surface area (Å²) < 4.78 is 26.2. The third-order valence-corrected chi connectivity index (χ3v) is 6.74. The predicted octanol–water partition coefficient (Wildman–Crippen LogP) is 0.414. The minimum Gasteiger partial charge on any atom is -0.355 e. The normalized spacial score (nSPS) is 22.5. The molecule has 2 aliphatic rings. The van der Waals surface area contributed by atoms with Gasteiger partial charge in [-0.1, -0.05) is 13.3 Å². The molecule has 0 aromatic rings. The number of hydrogen-bond donors (Lipinski definition) is 2. The van der Waals surface area contributed by atoms with Crippen molar-refractivity contribution in [3.8, 4) is 0 Å². The lowest BCUT2D eigenvalue weighted by Gasteiger charge is -2.27. The molecule has 2 fully saturated rings. The molecule has 2 N–H and O–H groups in total. The van der Waals surface area contributed by atoms with Crippen molar-refractivity contribution in [3.63, 3.8) is 0 Å². The molecule has 9 heteroatoms. The van der Waals surface area contributed by atoms with Crippen LogP contribution in [0.2, 0.25) is 0 Å². The maximum Gasteiger partial charge on any atom is 0.238 e. The van der Waals surface area contributed by atoms with Gasteiger partial charge in [0.05, 0.1) is 5.75 Å². The number of piperazine rings is 1. The van der Waals surface area contributed by atoms with Crippen LogP contribution in [0.5, 0.6) is 0 Å². The molecule has 2 rings (SSSR count). The van der Waals surface area contributed by atoms with Crippen molar-refractivity contribution in [3.05, 3.63) is 0 Å². The molecule has 2 saturated heterocycles. The highest BCUT2D eigenvalue weighted by Crippen LogP contribution is 2.22. The highest BCUT2D eigenvalue weighted by atomic mass is 35.5. The molecule has 25 heavy (non-hydrogen) atoms. The van der Waals surface area contributed by atoms with Gasteiger partial charge in [-0.2, -0.15) is 4.31 Å². The fraction of sp³-hybridized carbons (Fsp3) is 0.938. The molecule has 1 amide bonds. The summed E-state index contributed by atoms with van der Waals surface area (Å²) in [7, 11) is -3.31. The van der Waals surface area contributed by atoms with Crippen molar-refractivity contribution in [2.75, 3.05) is 51.6 Å². The third kappa shape index (κ3) is 7.02. The fourth-order valence-corrected chi connectivity index (χ4v) is 5.23.